The SMILES string of the molecule is CO[Si](OC)(OC)C(C)CN. The van der Waals surface area contributed by atoms with E-state index in [1.165, 1.54) is 0 Å². The molecular weight excluding hydrogens is 162 g/mol. The number of nitrogens with two attached hydrogens (primary N) is 1. The Morgan fingerprint density at radius 3 is 1.64 bits per heavy atom. The molecule has 11 heavy (non-hydrogen) atoms. The van der Waals surface area contributed by atoms with Gasteiger partial charge in [-0.1, -0.05) is 6.92 Å². The van der Waals surface area contributed by atoms with Gasteiger partial charge in [0.25, 0.3) is 0 Å². The predicted molar refractivity (Wildman–Crippen MR) is 45.3 cm³/mol. The fourth-order valence-corrected chi connectivity index (χ4v) is 2.99. The molecule has 0 bridgehead atoms. The summed E-state index contributed by atoms with van der Waals surface area (Å²) in [5, 5.41) is 0. The Morgan fingerprint density at radius 2 is 1.55 bits per heavy atom. The molecule has 0 aliphatic heterocycles. The molecule has 0 rings (SSSR count). The van der Waals surface area contributed by atoms with E-state index in [1.807, 2.05) is 6.92 Å². The van der Waals surface area contributed by atoms with Crippen molar-refractivity contribution in [1.82, 2.24) is 0 Å². The Kier molecular flexibility index (Phi) is 4.86. The number of hydrogen-bond donors (Lipinski definition) is 1. The lowest BCUT2D eigenvalue weighted by molar-refractivity contribution is 0.114. The van der Waals surface area contributed by atoms with E-state index in [2.05, 4.69) is 0 Å². The summed E-state index contributed by atoms with van der Waals surface area (Å²) in [4.78, 5) is 0. The molecule has 5 heteroatoms. The number of hydrogen-bond acceptors (Lipinski definition) is 4. The maximum atomic E-state index is 5.48. The Hall–Kier alpha value is 0.0569. The first-order valence-corrected chi connectivity index (χ1v) is 5.32. The fourth-order valence-electron chi connectivity index (χ4n) is 0.998. The summed E-state index contributed by atoms with van der Waals surface area (Å²) in [7, 11) is 2.32. The molecule has 0 heterocycles. The Labute approximate surface area is 69.0 Å². The summed E-state index contributed by atoms with van der Waals surface area (Å²) in [6.45, 7) is 2.48. The molecule has 0 aliphatic carbocycles. The molecule has 0 aromatic carbocycles. The molecule has 0 aromatic rings. The molecule has 0 saturated heterocycles. The van der Waals surface area contributed by atoms with Gasteiger partial charge in [-0.3, -0.25) is 0 Å². The minimum absolute atomic E-state index is 0.141. The molecule has 2 N–H and O–H groups in total. The second-order valence-corrected chi connectivity index (χ2v) is 5.77. The lowest BCUT2D eigenvalue weighted by Crippen LogP contribution is -2.48. The van der Waals surface area contributed by atoms with E-state index in [-0.39, 0.29) is 5.54 Å². The van der Waals surface area contributed by atoms with Gasteiger partial charge in [0.05, 0.1) is 0 Å². The third-order valence-electron chi connectivity index (χ3n) is 1.81. The summed E-state index contributed by atoms with van der Waals surface area (Å²) in [6, 6.07) is 0. The van der Waals surface area contributed by atoms with Crippen LogP contribution in [0.4, 0.5) is 0 Å². The van der Waals surface area contributed by atoms with Crippen molar-refractivity contribution >= 4 is 8.80 Å². The van der Waals surface area contributed by atoms with Gasteiger partial charge in [0.1, 0.15) is 0 Å². The van der Waals surface area contributed by atoms with E-state index in [1.54, 1.807) is 21.3 Å². The van der Waals surface area contributed by atoms with Gasteiger partial charge in [0, 0.05) is 26.9 Å². The highest BCUT2D eigenvalue weighted by molar-refractivity contribution is 6.62. The normalized spacial score (nSPS) is 15.0. The molecule has 0 aromatic heterocycles. The minimum Gasteiger partial charge on any atom is -0.377 e. The fraction of sp³-hybridized carbons (Fsp3) is 1.00. The molecule has 0 radical (unpaired) electrons. The van der Waals surface area contributed by atoms with Gasteiger partial charge in [-0.15, -0.1) is 0 Å². The van der Waals surface area contributed by atoms with Gasteiger partial charge in [-0.25, -0.2) is 0 Å². The van der Waals surface area contributed by atoms with Crippen molar-refractivity contribution in [2.75, 3.05) is 27.9 Å². The molecule has 0 saturated carbocycles. The van der Waals surface area contributed by atoms with Crippen LogP contribution >= 0.6 is 0 Å². The van der Waals surface area contributed by atoms with Gasteiger partial charge < -0.3 is 19.0 Å². The highest BCUT2D eigenvalue weighted by atomic mass is 28.4. The summed E-state index contributed by atoms with van der Waals surface area (Å²) in [6.07, 6.45) is 0. The average Bonchev–Trinajstić information content (AvgIpc) is 2.08. The van der Waals surface area contributed by atoms with E-state index in [0.29, 0.717) is 6.54 Å². The van der Waals surface area contributed by atoms with Crippen LogP contribution < -0.4 is 5.73 Å². The maximum absolute atomic E-state index is 5.48. The van der Waals surface area contributed by atoms with Crippen LogP contribution in [-0.4, -0.2) is 36.7 Å². The third kappa shape index (κ3) is 2.24. The molecular formula is C6H17NO3Si. The second-order valence-electron chi connectivity index (χ2n) is 2.35. The third-order valence-corrected chi connectivity index (χ3v) is 4.96. The standard InChI is InChI=1S/C6H17NO3Si/c1-6(5-7)11(8-2,9-3)10-4/h6H,5,7H2,1-4H3. The highest BCUT2D eigenvalue weighted by Crippen LogP contribution is 2.21. The lowest BCUT2D eigenvalue weighted by atomic mass is 10.5. The zero-order valence-electron chi connectivity index (χ0n) is 7.59. The van der Waals surface area contributed by atoms with Gasteiger partial charge in [-0.2, -0.15) is 0 Å². The molecule has 1 unspecified atom stereocenters. The summed E-state index contributed by atoms with van der Waals surface area (Å²) in [5.41, 5.74) is 5.62. The van der Waals surface area contributed by atoms with Gasteiger partial charge in [-0.05, 0) is 6.54 Å². The summed E-state index contributed by atoms with van der Waals surface area (Å²) >= 11 is 0. The van der Waals surface area contributed by atoms with Crippen LogP contribution in [0.5, 0.6) is 0 Å². The van der Waals surface area contributed by atoms with E-state index in [0.717, 1.165) is 0 Å². The van der Waals surface area contributed by atoms with Gasteiger partial charge >= 0.3 is 8.80 Å². The average molecular weight is 179 g/mol. The van der Waals surface area contributed by atoms with E-state index in [9.17, 15) is 0 Å². The highest BCUT2D eigenvalue weighted by Gasteiger charge is 2.43. The van der Waals surface area contributed by atoms with Crippen LogP contribution in [0.1, 0.15) is 6.92 Å². The van der Waals surface area contributed by atoms with Crippen molar-refractivity contribution in [1.29, 1.82) is 0 Å². The lowest BCUT2D eigenvalue weighted by Gasteiger charge is -2.29. The van der Waals surface area contributed by atoms with E-state index >= 15 is 0 Å². The van der Waals surface area contributed by atoms with Crippen LogP contribution in [0.15, 0.2) is 0 Å². The molecule has 0 aliphatic rings. The Balaban J connectivity index is 4.26. The zero-order chi connectivity index (χ0) is 8.91. The van der Waals surface area contributed by atoms with Crippen molar-refractivity contribution in [2.45, 2.75) is 12.5 Å². The van der Waals surface area contributed by atoms with Crippen molar-refractivity contribution in [3.8, 4) is 0 Å². The van der Waals surface area contributed by atoms with Crippen molar-refractivity contribution in [3.63, 3.8) is 0 Å². The van der Waals surface area contributed by atoms with Crippen LogP contribution in [0.3, 0.4) is 0 Å². The predicted octanol–water partition coefficient (Wildman–Crippen LogP) is 0.213. The monoisotopic (exact) mass is 179 g/mol. The van der Waals surface area contributed by atoms with Crippen molar-refractivity contribution in [2.24, 2.45) is 5.73 Å². The minimum atomic E-state index is -2.45. The van der Waals surface area contributed by atoms with Gasteiger partial charge in [0.2, 0.25) is 0 Å². The van der Waals surface area contributed by atoms with Crippen molar-refractivity contribution in [3.05, 3.63) is 0 Å². The molecule has 0 fully saturated rings. The Bertz CT molecular complexity index is 99.7. The molecule has 0 spiro atoms. The van der Waals surface area contributed by atoms with Crippen LogP contribution in [0, 0.1) is 0 Å². The number of rotatable bonds is 5. The first-order valence-electron chi connectivity index (χ1n) is 3.52. The van der Waals surface area contributed by atoms with Crippen molar-refractivity contribution < 1.29 is 13.3 Å². The first kappa shape index (κ1) is 11.1. The topological polar surface area (TPSA) is 53.7 Å². The quantitative estimate of drug-likeness (QED) is 0.613. The molecule has 0 amide bonds. The molecule has 4 nitrogen and oxygen atoms in total. The second kappa shape index (κ2) is 4.84. The van der Waals surface area contributed by atoms with Crippen LogP contribution in [0.25, 0.3) is 0 Å². The maximum Gasteiger partial charge on any atom is 0.504 e. The van der Waals surface area contributed by atoms with Crippen LogP contribution in [0.2, 0.25) is 5.54 Å². The van der Waals surface area contributed by atoms with Gasteiger partial charge in [0.15, 0.2) is 0 Å². The zero-order valence-corrected chi connectivity index (χ0v) is 8.59. The molecule has 68 valence electrons. The Morgan fingerprint density at radius 1 is 1.18 bits per heavy atom. The van der Waals surface area contributed by atoms with E-state index < -0.39 is 8.80 Å². The smallest absolute Gasteiger partial charge is 0.377 e. The summed E-state index contributed by atoms with van der Waals surface area (Å²) < 4.78 is 15.6. The van der Waals surface area contributed by atoms with E-state index in [4.69, 9.17) is 19.0 Å². The largest absolute Gasteiger partial charge is 0.504 e. The van der Waals surface area contributed by atoms with Crippen LogP contribution in [-0.2, 0) is 13.3 Å². The summed E-state index contributed by atoms with van der Waals surface area (Å²) in [5.74, 6) is 0. The molecule has 1 atom stereocenters. The first-order chi connectivity index (χ1) is 5.16.